The summed E-state index contributed by atoms with van der Waals surface area (Å²) in [5.74, 6) is 0. The molecule has 1 unspecified atom stereocenters. The lowest BCUT2D eigenvalue weighted by Crippen LogP contribution is -2.33. The molecule has 0 radical (unpaired) electrons. The second-order valence-electron chi connectivity index (χ2n) is 6.77. The molecular weight excluding hydrogens is 339 g/mol. The molecule has 134 valence electrons. The largest absolute Gasteiger partial charge is 0.417 e. The number of hydrogen-bond acceptors (Lipinski definition) is 3. The van der Waals surface area contributed by atoms with Gasteiger partial charge in [0.25, 0.3) is 0 Å². The van der Waals surface area contributed by atoms with Gasteiger partial charge in [0, 0.05) is 30.4 Å². The number of halogens is 3. The number of nitrogens with zero attached hydrogens (tertiary/aromatic N) is 2. The summed E-state index contributed by atoms with van der Waals surface area (Å²) in [5, 5.41) is 12.4. The summed E-state index contributed by atoms with van der Waals surface area (Å²) < 4.78 is 41.0. The molecule has 0 amide bonds. The minimum absolute atomic E-state index is 0.0190. The highest BCUT2D eigenvalue weighted by atomic mass is 19.4. The highest BCUT2D eigenvalue weighted by molar-refractivity contribution is 5.85. The normalized spacial score (nSPS) is 19.5. The Morgan fingerprint density at radius 1 is 1.12 bits per heavy atom. The summed E-state index contributed by atoms with van der Waals surface area (Å²) in [6.45, 7) is 2.53. The van der Waals surface area contributed by atoms with Gasteiger partial charge in [-0.1, -0.05) is 24.3 Å². The Morgan fingerprint density at radius 3 is 2.73 bits per heavy atom. The number of para-hydroxylation sites is 1. The summed E-state index contributed by atoms with van der Waals surface area (Å²) in [7, 11) is 0. The van der Waals surface area contributed by atoms with Gasteiger partial charge in [-0.25, -0.2) is 0 Å². The van der Waals surface area contributed by atoms with E-state index in [4.69, 9.17) is 5.26 Å². The first-order valence-corrected chi connectivity index (χ1v) is 8.70. The molecule has 0 bridgehead atoms. The van der Waals surface area contributed by atoms with Crippen molar-refractivity contribution in [2.75, 3.05) is 24.5 Å². The molecule has 2 aliphatic rings. The van der Waals surface area contributed by atoms with Crippen molar-refractivity contribution >= 4 is 5.69 Å². The summed E-state index contributed by atoms with van der Waals surface area (Å²) in [4.78, 5) is 2.25. The molecule has 3 nitrogen and oxygen atoms in total. The monoisotopic (exact) mass is 357 g/mol. The molecule has 0 saturated carbocycles. The molecule has 1 saturated heterocycles. The first-order chi connectivity index (χ1) is 12.5. The van der Waals surface area contributed by atoms with Crippen molar-refractivity contribution in [3.8, 4) is 17.2 Å². The zero-order chi connectivity index (χ0) is 18.3. The Bertz CT molecular complexity index is 883. The van der Waals surface area contributed by atoms with Crippen LogP contribution in [0.2, 0.25) is 0 Å². The fraction of sp³-hybridized carbons (Fsp3) is 0.350. The molecule has 1 fully saturated rings. The van der Waals surface area contributed by atoms with E-state index in [0.717, 1.165) is 49.8 Å². The van der Waals surface area contributed by atoms with Crippen LogP contribution in [0.5, 0.6) is 0 Å². The number of nitrogens with one attached hydrogen (secondary N) is 1. The zero-order valence-corrected chi connectivity index (χ0v) is 14.1. The van der Waals surface area contributed by atoms with Crippen molar-refractivity contribution in [1.82, 2.24) is 5.32 Å². The van der Waals surface area contributed by atoms with Crippen LogP contribution < -0.4 is 10.2 Å². The summed E-state index contributed by atoms with van der Waals surface area (Å²) in [5.41, 5.74) is 2.03. The van der Waals surface area contributed by atoms with Crippen LogP contribution in [0.1, 0.15) is 23.1 Å². The highest BCUT2D eigenvalue weighted by Crippen LogP contribution is 2.45. The van der Waals surface area contributed by atoms with Gasteiger partial charge in [-0.2, -0.15) is 18.4 Å². The van der Waals surface area contributed by atoms with Gasteiger partial charge in [-0.15, -0.1) is 0 Å². The van der Waals surface area contributed by atoms with Crippen molar-refractivity contribution in [3.05, 3.63) is 53.1 Å². The predicted octanol–water partition coefficient (Wildman–Crippen LogP) is 3.97. The maximum absolute atomic E-state index is 13.7. The molecule has 0 spiro atoms. The van der Waals surface area contributed by atoms with E-state index in [-0.39, 0.29) is 11.1 Å². The number of fused-ring (bicyclic) bond motifs is 3. The molecule has 2 aromatic carbocycles. The third kappa shape index (κ3) is 2.82. The average molecular weight is 357 g/mol. The first kappa shape index (κ1) is 16.9. The van der Waals surface area contributed by atoms with Crippen LogP contribution in [0.4, 0.5) is 18.9 Å². The van der Waals surface area contributed by atoms with Crippen LogP contribution in [-0.2, 0) is 12.6 Å². The molecule has 1 atom stereocenters. The summed E-state index contributed by atoms with van der Waals surface area (Å²) in [6.07, 6.45) is -2.67. The quantitative estimate of drug-likeness (QED) is 0.839. The Kier molecular flexibility index (Phi) is 4.12. The lowest BCUT2D eigenvalue weighted by atomic mass is 9.94. The minimum atomic E-state index is -4.51. The maximum atomic E-state index is 13.7. The fourth-order valence-electron chi connectivity index (χ4n) is 4.09. The lowest BCUT2D eigenvalue weighted by molar-refractivity contribution is -0.137. The van der Waals surface area contributed by atoms with Gasteiger partial charge in [0.15, 0.2) is 0 Å². The highest BCUT2D eigenvalue weighted by Gasteiger charge is 2.37. The van der Waals surface area contributed by atoms with E-state index in [2.05, 4.69) is 10.2 Å². The van der Waals surface area contributed by atoms with E-state index in [0.29, 0.717) is 11.6 Å². The van der Waals surface area contributed by atoms with Crippen molar-refractivity contribution in [1.29, 1.82) is 5.26 Å². The smallest absolute Gasteiger partial charge is 0.366 e. The Labute approximate surface area is 150 Å². The lowest BCUT2D eigenvalue weighted by Gasteiger charge is -2.27. The molecule has 26 heavy (non-hydrogen) atoms. The Morgan fingerprint density at radius 2 is 1.96 bits per heavy atom. The average Bonchev–Trinajstić information content (AvgIpc) is 2.82. The van der Waals surface area contributed by atoms with E-state index in [1.165, 1.54) is 12.1 Å². The van der Waals surface area contributed by atoms with Crippen LogP contribution in [-0.4, -0.2) is 25.7 Å². The fourth-order valence-corrected chi connectivity index (χ4v) is 4.09. The third-order valence-electron chi connectivity index (χ3n) is 5.23. The van der Waals surface area contributed by atoms with Crippen LogP contribution in [0.3, 0.4) is 0 Å². The van der Waals surface area contributed by atoms with E-state index in [1.807, 2.05) is 12.1 Å². The molecule has 2 aromatic rings. The van der Waals surface area contributed by atoms with Gasteiger partial charge in [-0.05, 0) is 42.6 Å². The zero-order valence-electron chi connectivity index (χ0n) is 14.1. The topological polar surface area (TPSA) is 39.1 Å². The Hall–Kier alpha value is -2.52. The molecule has 1 N–H and O–H groups in total. The van der Waals surface area contributed by atoms with Gasteiger partial charge in [0.2, 0.25) is 0 Å². The van der Waals surface area contributed by atoms with Crippen molar-refractivity contribution in [2.24, 2.45) is 0 Å². The van der Waals surface area contributed by atoms with Gasteiger partial charge < -0.3 is 10.2 Å². The Balaban J connectivity index is 1.89. The van der Waals surface area contributed by atoms with E-state index >= 15 is 0 Å². The molecule has 0 aromatic heterocycles. The van der Waals surface area contributed by atoms with Crippen LogP contribution >= 0.6 is 0 Å². The first-order valence-electron chi connectivity index (χ1n) is 8.70. The van der Waals surface area contributed by atoms with E-state index in [9.17, 15) is 13.2 Å². The van der Waals surface area contributed by atoms with Gasteiger partial charge in [-0.3, -0.25) is 0 Å². The van der Waals surface area contributed by atoms with E-state index in [1.54, 1.807) is 12.1 Å². The van der Waals surface area contributed by atoms with Crippen molar-refractivity contribution in [3.63, 3.8) is 0 Å². The van der Waals surface area contributed by atoms with Gasteiger partial charge in [0.1, 0.15) is 0 Å². The standard InChI is InChI=1S/C20H18F3N3/c21-20(22,23)18-10-13(12-24)4-5-16(18)17-3-1-2-14-11-15-6-7-25-8-9-26(15)19(14)17/h1-5,10,15,25H,6-9,11H2. The molecule has 2 heterocycles. The molecule has 2 aliphatic heterocycles. The van der Waals surface area contributed by atoms with Gasteiger partial charge in [0.05, 0.1) is 17.2 Å². The second-order valence-corrected chi connectivity index (χ2v) is 6.77. The number of rotatable bonds is 1. The van der Waals surface area contributed by atoms with Crippen LogP contribution in [0.25, 0.3) is 11.1 Å². The summed E-state index contributed by atoms with van der Waals surface area (Å²) >= 11 is 0. The second kappa shape index (κ2) is 6.33. The third-order valence-corrected chi connectivity index (χ3v) is 5.23. The molecule has 6 heteroatoms. The summed E-state index contributed by atoms with van der Waals surface area (Å²) in [6, 6.07) is 11.6. The van der Waals surface area contributed by atoms with Crippen molar-refractivity contribution in [2.45, 2.75) is 25.1 Å². The molecule has 4 rings (SSSR count). The van der Waals surface area contributed by atoms with Gasteiger partial charge >= 0.3 is 6.18 Å². The van der Waals surface area contributed by atoms with Crippen LogP contribution in [0.15, 0.2) is 36.4 Å². The molecule has 0 aliphatic carbocycles. The SMILES string of the molecule is N#Cc1ccc(-c2cccc3c2N2CCNCCC2C3)c(C(F)(F)F)c1. The molecular formula is C20H18F3N3. The number of benzene rings is 2. The van der Waals surface area contributed by atoms with Crippen molar-refractivity contribution < 1.29 is 13.2 Å². The minimum Gasteiger partial charge on any atom is -0.366 e. The predicted molar refractivity (Wildman–Crippen MR) is 93.9 cm³/mol. The number of alkyl halides is 3. The number of hydrogen-bond donors (Lipinski definition) is 1. The number of nitriles is 1. The maximum Gasteiger partial charge on any atom is 0.417 e. The van der Waals surface area contributed by atoms with Crippen LogP contribution in [0, 0.1) is 11.3 Å². The number of anilines is 1. The van der Waals surface area contributed by atoms with E-state index < -0.39 is 11.7 Å².